The van der Waals surface area contributed by atoms with Gasteiger partial charge in [-0.25, -0.2) is 14.4 Å². The molecular formula is C22H21FN4OS. The quantitative estimate of drug-likeness (QED) is 0.586. The van der Waals surface area contributed by atoms with Crippen LogP contribution in [-0.2, 0) is 4.79 Å². The number of hydrogen-bond donors (Lipinski definition) is 2. The summed E-state index contributed by atoms with van der Waals surface area (Å²) >= 11 is 1.57. The Labute approximate surface area is 172 Å². The van der Waals surface area contributed by atoms with Gasteiger partial charge in [0, 0.05) is 0 Å². The standard InChI is InChI=1S/C22H21FN4OS/c1-2-6-16(15-9-10-17-19(11-15)29-13-24-17)20-21(28)27-22(26-20)25-18(12-23)14-7-4-3-5-8-14/h3-5,7-11,13,18H,2,6,12H2,1H3,(H2,25,26,27,28)/b20-16-. The van der Waals surface area contributed by atoms with Crippen LogP contribution < -0.4 is 10.6 Å². The van der Waals surface area contributed by atoms with Gasteiger partial charge in [-0.2, -0.15) is 0 Å². The predicted molar refractivity (Wildman–Crippen MR) is 115 cm³/mol. The number of aliphatic imine (C=N–C) groups is 1. The summed E-state index contributed by atoms with van der Waals surface area (Å²) in [7, 11) is 0. The molecule has 148 valence electrons. The minimum absolute atomic E-state index is 0.248. The van der Waals surface area contributed by atoms with Crippen LogP contribution in [0.5, 0.6) is 0 Å². The Balaban J connectivity index is 1.68. The summed E-state index contributed by atoms with van der Waals surface area (Å²) < 4.78 is 14.7. The van der Waals surface area contributed by atoms with Gasteiger partial charge >= 0.3 is 0 Å². The fraction of sp³-hybridized carbons (Fsp3) is 0.227. The van der Waals surface area contributed by atoms with Crippen molar-refractivity contribution in [3.63, 3.8) is 0 Å². The monoisotopic (exact) mass is 408 g/mol. The van der Waals surface area contributed by atoms with Crippen molar-refractivity contribution in [3.05, 3.63) is 70.9 Å². The van der Waals surface area contributed by atoms with Crippen LogP contribution >= 0.6 is 11.3 Å². The summed E-state index contributed by atoms with van der Waals surface area (Å²) in [6, 6.07) is 14.6. The molecule has 0 aliphatic carbocycles. The van der Waals surface area contributed by atoms with Crippen LogP contribution in [-0.4, -0.2) is 23.5 Å². The third kappa shape index (κ3) is 4.05. The van der Waals surface area contributed by atoms with Crippen molar-refractivity contribution in [1.29, 1.82) is 0 Å². The first-order valence-electron chi connectivity index (χ1n) is 9.53. The number of carbonyl (C=O) groups excluding carboxylic acids is 1. The highest BCUT2D eigenvalue weighted by Gasteiger charge is 2.27. The van der Waals surface area contributed by atoms with Gasteiger partial charge < -0.3 is 5.32 Å². The molecule has 1 unspecified atom stereocenters. The molecule has 7 heteroatoms. The molecule has 0 spiro atoms. The number of nitrogens with one attached hydrogen (secondary N) is 2. The average molecular weight is 409 g/mol. The molecule has 0 saturated carbocycles. The number of alkyl halides is 1. The maximum Gasteiger partial charge on any atom is 0.274 e. The van der Waals surface area contributed by atoms with E-state index in [1.807, 2.05) is 48.0 Å². The molecule has 1 aromatic heterocycles. The van der Waals surface area contributed by atoms with Gasteiger partial charge in [-0.15, -0.1) is 11.3 Å². The van der Waals surface area contributed by atoms with E-state index in [-0.39, 0.29) is 11.9 Å². The Morgan fingerprint density at radius 1 is 1.21 bits per heavy atom. The molecule has 0 radical (unpaired) electrons. The van der Waals surface area contributed by atoms with E-state index in [1.54, 1.807) is 11.3 Å². The number of benzene rings is 2. The van der Waals surface area contributed by atoms with Gasteiger partial charge in [-0.3, -0.25) is 10.1 Å². The lowest BCUT2D eigenvalue weighted by Gasteiger charge is -2.11. The maximum atomic E-state index is 13.6. The van der Waals surface area contributed by atoms with Crippen LogP contribution in [0, 0.1) is 0 Å². The zero-order valence-corrected chi connectivity index (χ0v) is 16.8. The van der Waals surface area contributed by atoms with Gasteiger partial charge in [0.25, 0.3) is 5.91 Å². The first-order valence-corrected chi connectivity index (χ1v) is 10.4. The molecule has 1 atom stereocenters. The Morgan fingerprint density at radius 3 is 2.79 bits per heavy atom. The number of thiazole rings is 1. The Kier molecular flexibility index (Phi) is 5.67. The van der Waals surface area contributed by atoms with Gasteiger partial charge in [0.1, 0.15) is 18.4 Å². The molecular weight excluding hydrogens is 387 g/mol. The third-order valence-electron chi connectivity index (χ3n) is 4.80. The van der Waals surface area contributed by atoms with E-state index in [4.69, 9.17) is 0 Å². The zero-order valence-electron chi connectivity index (χ0n) is 16.0. The van der Waals surface area contributed by atoms with Crippen LogP contribution in [0.15, 0.2) is 64.7 Å². The maximum absolute atomic E-state index is 13.6. The lowest BCUT2D eigenvalue weighted by atomic mass is 9.99. The van der Waals surface area contributed by atoms with E-state index in [2.05, 4.69) is 33.6 Å². The summed E-state index contributed by atoms with van der Waals surface area (Å²) in [6.07, 6.45) is 1.62. The predicted octanol–water partition coefficient (Wildman–Crippen LogP) is 4.59. The van der Waals surface area contributed by atoms with E-state index < -0.39 is 12.7 Å². The van der Waals surface area contributed by atoms with Crippen LogP contribution in [0.2, 0.25) is 0 Å². The highest BCUT2D eigenvalue weighted by molar-refractivity contribution is 7.16. The first-order chi connectivity index (χ1) is 14.2. The Bertz CT molecular complexity index is 1090. The van der Waals surface area contributed by atoms with E-state index in [0.717, 1.165) is 39.8 Å². The van der Waals surface area contributed by atoms with Crippen molar-refractivity contribution in [2.75, 3.05) is 6.67 Å². The second kappa shape index (κ2) is 8.53. The number of hydrogen-bond acceptors (Lipinski definition) is 4. The summed E-state index contributed by atoms with van der Waals surface area (Å²) in [5.41, 5.74) is 5.89. The van der Waals surface area contributed by atoms with E-state index in [0.29, 0.717) is 5.70 Å². The molecule has 1 fully saturated rings. The van der Waals surface area contributed by atoms with Crippen LogP contribution in [0.3, 0.4) is 0 Å². The number of aromatic nitrogens is 1. The van der Waals surface area contributed by atoms with Crippen molar-refractivity contribution < 1.29 is 9.18 Å². The summed E-state index contributed by atoms with van der Waals surface area (Å²) in [4.78, 5) is 21.4. The van der Waals surface area contributed by atoms with Gasteiger partial charge in [-0.05, 0) is 35.3 Å². The molecule has 2 N–H and O–H groups in total. The number of fused-ring (bicyclic) bond motifs is 1. The van der Waals surface area contributed by atoms with E-state index in [9.17, 15) is 9.18 Å². The summed E-state index contributed by atoms with van der Waals surface area (Å²) in [6.45, 7) is 1.43. The number of halogens is 1. The highest BCUT2D eigenvalue weighted by Crippen LogP contribution is 2.29. The van der Waals surface area contributed by atoms with E-state index >= 15 is 0 Å². The topological polar surface area (TPSA) is 66.4 Å². The number of carbonyl (C=O) groups is 1. The number of allylic oxidation sites excluding steroid dienone is 1. The molecule has 2 aromatic carbocycles. The number of nitrogens with zero attached hydrogens (tertiary/aromatic N) is 2. The summed E-state index contributed by atoms with van der Waals surface area (Å²) in [5, 5.41) is 5.84. The SMILES string of the molecule is CCC/C(=C1/NC(=NC(CF)c2ccccc2)NC1=O)c1ccc2ncsc2c1. The number of amides is 1. The van der Waals surface area contributed by atoms with E-state index in [1.165, 1.54) is 0 Å². The second-order valence-corrected chi connectivity index (χ2v) is 7.66. The van der Waals surface area contributed by atoms with Gasteiger partial charge in [0.05, 0.1) is 15.7 Å². The van der Waals surface area contributed by atoms with Crippen molar-refractivity contribution in [1.82, 2.24) is 15.6 Å². The normalized spacial score (nSPS) is 18.0. The summed E-state index contributed by atoms with van der Waals surface area (Å²) in [5.74, 6) is 0.0336. The molecule has 1 aliphatic rings. The molecule has 5 nitrogen and oxygen atoms in total. The zero-order chi connectivity index (χ0) is 20.2. The van der Waals surface area contributed by atoms with Crippen molar-refractivity contribution in [2.45, 2.75) is 25.8 Å². The van der Waals surface area contributed by atoms with Gasteiger partial charge in [0.15, 0.2) is 0 Å². The van der Waals surface area contributed by atoms with Crippen LogP contribution in [0.4, 0.5) is 4.39 Å². The lowest BCUT2D eigenvalue weighted by molar-refractivity contribution is -0.115. The minimum atomic E-state index is -0.665. The molecule has 1 aliphatic heterocycles. The van der Waals surface area contributed by atoms with Gasteiger partial charge in [0.2, 0.25) is 5.96 Å². The lowest BCUT2D eigenvalue weighted by Crippen LogP contribution is -2.26. The molecule has 2 heterocycles. The third-order valence-corrected chi connectivity index (χ3v) is 5.59. The van der Waals surface area contributed by atoms with Crippen molar-refractivity contribution in [3.8, 4) is 0 Å². The second-order valence-electron chi connectivity index (χ2n) is 6.78. The fourth-order valence-corrected chi connectivity index (χ4v) is 4.11. The molecule has 29 heavy (non-hydrogen) atoms. The van der Waals surface area contributed by atoms with Crippen molar-refractivity contribution >= 4 is 39.0 Å². The fourth-order valence-electron chi connectivity index (χ4n) is 3.39. The molecule has 1 saturated heterocycles. The minimum Gasteiger partial charge on any atom is -0.321 e. The van der Waals surface area contributed by atoms with Crippen LogP contribution in [0.1, 0.15) is 36.9 Å². The first kappa shape index (κ1) is 19.3. The molecule has 3 aromatic rings. The molecule has 4 rings (SSSR count). The van der Waals surface area contributed by atoms with Crippen LogP contribution in [0.25, 0.3) is 15.8 Å². The highest BCUT2D eigenvalue weighted by atomic mass is 32.1. The Morgan fingerprint density at radius 2 is 2.03 bits per heavy atom. The van der Waals surface area contributed by atoms with Gasteiger partial charge in [-0.1, -0.05) is 49.7 Å². The smallest absolute Gasteiger partial charge is 0.274 e. The molecule has 1 amide bonds. The molecule has 0 bridgehead atoms. The number of rotatable bonds is 6. The number of guanidine groups is 1. The Hall–Kier alpha value is -3.06. The largest absolute Gasteiger partial charge is 0.321 e. The average Bonchev–Trinajstić information content (AvgIpc) is 3.36. The van der Waals surface area contributed by atoms with Crippen molar-refractivity contribution in [2.24, 2.45) is 4.99 Å².